The van der Waals surface area contributed by atoms with Crippen molar-refractivity contribution in [2.24, 2.45) is 11.3 Å². The zero-order valence-corrected chi connectivity index (χ0v) is 26.3. The number of hydrogen-bond acceptors (Lipinski definition) is 6. The molecule has 2 atom stereocenters. The summed E-state index contributed by atoms with van der Waals surface area (Å²) in [6.07, 6.45) is -0.509. The highest BCUT2D eigenvalue weighted by atomic mass is 32.2. The monoisotopic (exact) mass is 608 g/mol. The van der Waals surface area contributed by atoms with Gasteiger partial charge in [-0.25, -0.2) is 8.42 Å². The zero-order valence-electron chi connectivity index (χ0n) is 25.5. The van der Waals surface area contributed by atoms with Gasteiger partial charge in [0.15, 0.2) is 0 Å². The second-order valence-corrected chi connectivity index (χ2v) is 13.9. The number of rotatable bonds is 16. The summed E-state index contributed by atoms with van der Waals surface area (Å²) in [5.74, 6) is -0.712. The molecule has 0 fully saturated rings. The summed E-state index contributed by atoms with van der Waals surface area (Å²) in [7, 11) is -3.90. The third-order valence-corrected chi connectivity index (χ3v) is 9.08. The first-order valence-corrected chi connectivity index (χ1v) is 16.1. The Morgan fingerprint density at radius 3 is 1.98 bits per heavy atom. The predicted octanol–water partition coefficient (Wildman–Crippen LogP) is 4.97. The number of aliphatic hydroxyl groups excluding tert-OH is 1. The van der Waals surface area contributed by atoms with Crippen LogP contribution in [-0.2, 0) is 37.4 Å². The van der Waals surface area contributed by atoms with Crippen LogP contribution in [0.25, 0.3) is 0 Å². The van der Waals surface area contributed by atoms with E-state index >= 15 is 0 Å². The first-order chi connectivity index (χ1) is 20.4. The van der Waals surface area contributed by atoms with Crippen LogP contribution in [0.1, 0.15) is 51.7 Å². The fourth-order valence-electron chi connectivity index (χ4n) is 4.59. The number of nitrogens with zero attached hydrogens (tertiary/aromatic N) is 1. The van der Waals surface area contributed by atoms with Crippen molar-refractivity contribution < 1.29 is 27.9 Å². The van der Waals surface area contributed by atoms with Gasteiger partial charge in [-0.2, -0.15) is 4.31 Å². The van der Waals surface area contributed by atoms with E-state index in [1.54, 1.807) is 32.0 Å². The molecule has 0 aliphatic carbocycles. The number of hydrogen-bond donors (Lipinski definition) is 2. The Kier molecular flexibility index (Phi) is 12.5. The Labute approximate surface area is 256 Å². The number of nitrogens with one attached hydrogen (secondary N) is 1. The number of carbonyl (C=O) groups is 2. The molecule has 0 bridgehead atoms. The minimum absolute atomic E-state index is 0.0994. The Bertz CT molecular complexity index is 1400. The Hall–Kier alpha value is -3.53. The quantitative estimate of drug-likeness (QED) is 0.222. The average molecular weight is 609 g/mol. The summed E-state index contributed by atoms with van der Waals surface area (Å²) in [6.45, 7) is 7.42. The molecule has 3 rings (SSSR count). The molecule has 3 aromatic carbocycles. The van der Waals surface area contributed by atoms with E-state index in [-0.39, 0.29) is 43.4 Å². The molecule has 0 aromatic heterocycles. The van der Waals surface area contributed by atoms with Crippen LogP contribution < -0.4 is 5.32 Å². The lowest BCUT2D eigenvalue weighted by Gasteiger charge is -2.31. The van der Waals surface area contributed by atoms with Crippen LogP contribution >= 0.6 is 0 Å². The molecule has 0 unspecified atom stereocenters. The van der Waals surface area contributed by atoms with Crippen molar-refractivity contribution in [3.63, 3.8) is 0 Å². The molecule has 232 valence electrons. The SMILES string of the molecule is CC(C)CCN(C[C@@H](O)[C@H](Cc1ccccc1)NC(=O)CC(C)(C)C(=O)OCc1ccccc1)S(=O)(=O)c1ccccc1. The number of carbonyl (C=O) groups excluding carboxylic acids is 2. The molecule has 9 heteroatoms. The molecule has 0 aliphatic rings. The number of ether oxygens (including phenoxy) is 1. The molecule has 8 nitrogen and oxygen atoms in total. The van der Waals surface area contributed by atoms with Gasteiger partial charge in [0.1, 0.15) is 6.61 Å². The van der Waals surface area contributed by atoms with Crippen LogP contribution in [0.15, 0.2) is 95.9 Å². The lowest BCUT2D eigenvalue weighted by Crippen LogP contribution is -2.51. The smallest absolute Gasteiger partial charge is 0.312 e. The third-order valence-electron chi connectivity index (χ3n) is 7.20. The van der Waals surface area contributed by atoms with Crippen LogP contribution in [0.3, 0.4) is 0 Å². The molecule has 0 spiro atoms. The number of sulfonamides is 1. The lowest BCUT2D eigenvalue weighted by atomic mass is 9.88. The van der Waals surface area contributed by atoms with Crippen LogP contribution in [0.2, 0.25) is 0 Å². The molecule has 3 aromatic rings. The van der Waals surface area contributed by atoms with Crippen LogP contribution in [0.5, 0.6) is 0 Å². The van der Waals surface area contributed by atoms with Crippen molar-refractivity contribution in [2.75, 3.05) is 13.1 Å². The summed E-state index contributed by atoms with van der Waals surface area (Å²) in [4.78, 5) is 26.3. The van der Waals surface area contributed by atoms with Crippen LogP contribution in [0.4, 0.5) is 0 Å². The first-order valence-electron chi connectivity index (χ1n) is 14.7. The molecule has 0 radical (unpaired) electrons. The topological polar surface area (TPSA) is 113 Å². The summed E-state index contributed by atoms with van der Waals surface area (Å²) < 4.78 is 33.9. The lowest BCUT2D eigenvalue weighted by molar-refractivity contribution is -0.157. The van der Waals surface area contributed by atoms with Gasteiger partial charge in [0.05, 0.1) is 22.5 Å². The highest BCUT2D eigenvalue weighted by Crippen LogP contribution is 2.24. The summed E-state index contributed by atoms with van der Waals surface area (Å²) >= 11 is 0. The average Bonchev–Trinajstić information content (AvgIpc) is 2.98. The highest BCUT2D eigenvalue weighted by Gasteiger charge is 2.35. The van der Waals surface area contributed by atoms with E-state index < -0.39 is 39.5 Å². The van der Waals surface area contributed by atoms with Crippen molar-refractivity contribution in [2.45, 2.75) is 70.6 Å². The number of esters is 1. The second-order valence-electron chi connectivity index (χ2n) is 11.9. The van der Waals surface area contributed by atoms with E-state index in [2.05, 4.69) is 5.32 Å². The summed E-state index contributed by atoms with van der Waals surface area (Å²) in [6, 6.07) is 26.0. The van der Waals surface area contributed by atoms with E-state index in [1.807, 2.05) is 74.5 Å². The van der Waals surface area contributed by atoms with Gasteiger partial charge in [-0.3, -0.25) is 9.59 Å². The zero-order chi connectivity index (χ0) is 31.5. The van der Waals surface area contributed by atoms with Crippen molar-refractivity contribution >= 4 is 21.9 Å². The van der Waals surface area contributed by atoms with Gasteiger partial charge >= 0.3 is 5.97 Å². The maximum atomic E-state index is 13.6. The minimum atomic E-state index is -3.90. The third kappa shape index (κ3) is 10.6. The Balaban J connectivity index is 1.76. The van der Waals surface area contributed by atoms with Gasteiger partial charge in [0.25, 0.3) is 0 Å². The maximum absolute atomic E-state index is 13.6. The number of amides is 1. The fourth-order valence-corrected chi connectivity index (χ4v) is 6.08. The largest absolute Gasteiger partial charge is 0.460 e. The molecule has 0 heterocycles. The van der Waals surface area contributed by atoms with Gasteiger partial charge in [-0.15, -0.1) is 0 Å². The molecular formula is C34H44N2O6S. The number of benzene rings is 3. The van der Waals surface area contributed by atoms with Crippen molar-refractivity contribution in [3.05, 3.63) is 102 Å². The molecular weight excluding hydrogens is 564 g/mol. The number of aliphatic hydroxyl groups is 1. The Morgan fingerprint density at radius 2 is 1.42 bits per heavy atom. The molecule has 1 amide bonds. The highest BCUT2D eigenvalue weighted by molar-refractivity contribution is 7.89. The standard InChI is InChI=1S/C34H44N2O6S/c1-26(2)20-21-36(43(40,41)29-18-12-7-13-19-29)24-31(37)30(22-27-14-8-5-9-15-27)35-32(38)23-34(3,4)33(39)42-25-28-16-10-6-11-17-28/h5-19,26,30-31,37H,20-25H2,1-4H3,(H,35,38)/t30-,31+/m0/s1. The molecule has 2 N–H and O–H groups in total. The van der Waals surface area contributed by atoms with Crippen LogP contribution in [-0.4, -0.2) is 54.9 Å². The van der Waals surface area contributed by atoms with Gasteiger partial charge in [-0.05, 0) is 55.9 Å². The fraction of sp³-hybridized carbons (Fsp3) is 0.412. The van der Waals surface area contributed by atoms with Crippen molar-refractivity contribution in [1.29, 1.82) is 0 Å². The van der Waals surface area contributed by atoms with E-state index in [1.165, 1.54) is 16.4 Å². The van der Waals surface area contributed by atoms with Gasteiger partial charge < -0.3 is 15.2 Å². The van der Waals surface area contributed by atoms with Crippen LogP contribution in [0, 0.1) is 11.3 Å². The molecule has 43 heavy (non-hydrogen) atoms. The van der Waals surface area contributed by atoms with Gasteiger partial charge in [0, 0.05) is 19.5 Å². The van der Waals surface area contributed by atoms with Gasteiger partial charge in [-0.1, -0.05) is 92.7 Å². The Morgan fingerprint density at radius 1 is 0.884 bits per heavy atom. The van der Waals surface area contributed by atoms with E-state index in [4.69, 9.17) is 4.74 Å². The van der Waals surface area contributed by atoms with Gasteiger partial charge in [0.2, 0.25) is 15.9 Å². The molecule has 0 saturated heterocycles. The second kappa shape index (κ2) is 15.8. The van der Waals surface area contributed by atoms with E-state index in [9.17, 15) is 23.1 Å². The normalized spacial score (nSPS) is 13.5. The summed E-state index contributed by atoms with van der Waals surface area (Å²) in [5.41, 5.74) is 0.587. The molecule has 0 saturated carbocycles. The predicted molar refractivity (Wildman–Crippen MR) is 167 cm³/mol. The minimum Gasteiger partial charge on any atom is -0.460 e. The first kappa shape index (κ1) is 34.0. The maximum Gasteiger partial charge on any atom is 0.312 e. The van der Waals surface area contributed by atoms with Crippen molar-refractivity contribution in [1.82, 2.24) is 9.62 Å². The van der Waals surface area contributed by atoms with E-state index in [0.29, 0.717) is 6.42 Å². The van der Waals surface area contributed by atoms with E-state index in [0.717, 1.165) is 11.1 Å². The molecule has 0 aliphatic heterocycles. The van der Waals surface area contributed by atoms with Crippen molar-refractivity contribution in [3.8, 4) is 0 Å². The summed E-state index contributed by atoms with van der Waals surface area (Å²) in [5, 5.41) is 14.4.